The average Bonchev–Trinajstić information content (AvgIpc) is 0.747. The Bertz CT molecular complexity index is 5520. The van der Waals surface area contributed by atoms with Crippen molar-refractivity contribution in [3.63, 3.8) is 0 Å². The lowest BCUT2D eigenvalue weighted by Crippen LogP contribution is -2.52. The molecule has 654 valence electrons. The van der Waals surface area contributed by atoms with Crippen molar-refractivity contribution in [3.8, 4) is 0 Å². The normalized spacial score (nSPS) is 21.9. The van der Waals surface area contributed by atoms with Crippen LogP contribution in [0.25, 0.3) is 0 Å². The number of nitrogens with one attached hydrogen (secondary N) is 8. The van der Waals surface area contributed by atoms with Crippen LogP contribution in [0.3, 0.4) is 0 Å². The lowest BCUT2D eigenvalue weighted by atomic mass is 9.82. The van der Waals surface area contributed by atoms with Gasteiger partial charge in [0.05, 0.1) is 78.0 Å². The maximum Gasteiger partial charge on any atom is 0.257 e. The van der Waals surface area contributed by atoms with Gasteiger partial charge in [-0.25, -0.2) is 74.5 Å². The molecule has 4 saturated carbocycles. The minimum absolute atomic E-state index is 0.00798. The maximum atomic E-state index is 13.5. The molecule has 0 heterocycles. The molecule has 2 atom stereocenters. The van der Waals surface area contributed by atoms with Gasteiger partial charge in [-0.3, -0.25) is 19.2 Å². The first kappa shape index (κ1) is 98.3. The van der Waals surface area contributed by atoms with E-state index < -0.39 is 126 Å². The Morgan fingerprint density at radius 2 is 0.702 bits per heavy atom. The van der Waals surface area contributed by atoms with Crippen LogP contribution in [0.1, 0.15) is 172 Å². The molecule has 4 aliphatic rings. The fraction of sp³-hybridized carbons (Fsp3) is 0.350. The van der Waals surface area contributed by atoms with Crippen LogP contribution in [0.4, 0.5) is 44.7 Å². The summed E-state index contributed by atoms with van der Waals surface area (Å²) in [6.45, 7) is 6.78. The molecule has 2 unspecified atom stereocenters. The van der Waals surface area contributed by atoms with Gasteiger partial charge < -0.3 is 41.7 Å². The predicted octanol–water partition coefficient (Wildman–Crippen LogP) is 17.8. The van der Waals surface area contributed by atoms with Gasteiger partial charge >= 0.3 is 0 Å². The summed E-state index contributed by atoms with van der Waals surface area (Å²) in [5, 5.41) is 49.9. The smallest absolute Gasteiger partial charge is 0.257 e. The Morgan fingerprint density at radius 3 is 1.07 bits per heavy atom. The summed E-state index contributed by atoms with van der Waals surface area (Å²) in [5.74, 6) is -6.61. The first-order valence-electron chi connectivity index (χ1n) is 37.2. The van der Waals surface area contributed by atoms with E-state index in [9.17, 15) is 95.2 Å². The highest BCUT2D eigenvalue weighted by Gasteiger charge is 2.39. The number of rotatable bonds is 20. The van der Waals surface area contributed by atoms with Crippen LogP contribution in [-0.2, 0) is 40.1 Å². The molecule has 0 spiro atoms. The molecule has 0 saturated heterocycles. The highest BCUT2D eigenvalue weighted by molar-refractivity contribution is 9.10. The third kappa shape index (κ3) is 27.5. The molecule has 4 amide bonds. The number of aliphatic hydroxyl groups is 4. The van der Waals surface area contributed by atoms with E-state index in [2.05, 4.69) is 72.0 Å². The summed E-state index contributed by atoms with van der Waals surface area (Å²) < 4.78 is 180. The monoisotopic (exact) mass is 2000 g/mol. The van der Waals surface area contributed by atoms with Gasteiger partial charge in [0.15, 0.2) is 11.6 Å². The summed E-state index contributed by atoms with van der Waals surface area (Å²) in [6, 6.07) is 27.1. The zero-order valence-electron chi connectivity index (χ0n) is 64.6. The Kier molecular flexibility index (Phi) is 33.2. The van der Waals surface area contributed by atoms with Gasteiger partial charge in [0, 0.05) is 63.6 Å². The second-order valence-electron chi connectivity index (χ2n) is 30.5. The first-order chi connectivity index (χ1) is 56.3. The van der Waals surface area contributed by atoms with E-state index in [1.807, 2.05) is 0 Å². The second-order valence-corrected chi connectivity index (χ2v) is 41.4. The maximum absolute atomic E-state index is 13.5. The van der Waals surface area contributed by atoms with Crippen molar-refractivity contribution >= 4 is 188 Å². The van der Waals surface area contributed by atoms with Crippen LogP contribution in [0.2, 0.25) is 30.1 Å². The number of amides is 4. The molecule has 0 aliphatic heterocycles. The fourth-order valence-electron chi connectivity index (χ4n) is 13.2. The van der Waals surface area contributed by atoms with Crippen LogP contribution in [0, 0.1) is 29.1 Å². The highest BCUT2D eigenvalue weighted by Crippen LogP contribution is 2.37. The number of sulfonamides is 4. The van der Waals surface area contributed by atoms with E-state index in [1.165, 1.54) is 115 Å². The minimum atomic E-state index is -4.05. The zero-order valence-corrected chi connectivity index (χ0v) is 75.6. The van der Waals surface area contributed by atoms with E-state index in [0.717, 1.165) is 37.1 Å². The van der Waals surface area contributed by atoms with Crippen molar-refractivity contribution < 1.29 is 95.2 Å². The van der Waals surface area contributed by atoms with Crippen LogP contribution >= 0.6 is 101 Å². The SMILES string of the molecule is CC1(O)CCC(NS(=O)(=O)c2cc(C(=O)Nc3cc(F)c(F)c(Cl)c3)ccc2Cl)CC1.CC1(O)CCC(NS(=O)(=O)c2cc(C(=O)Nc3ccc(F)c(Br)c3)ccc2Cl)CC1.CC1(O)CCC(NS(=O)(=O)c2cc(C(=O)Nc3ccc(F)c(Cl)c3)ccc2Cl)CC1.CC1(O)CCCCC1NS(=O)(=O)c1ccc(Cl)c(C(=O)Nc2ccc(F)c(Br)c2)c1. The number of halogens is 13. The Morgan fingerprint density at radius 1 is 0.355 bits per heavy atom. The largest absolute Gasteiger partial charge is 0.390 e. The Balaban J connectivity index is 0.000000183. The summed E-state index contributed by atoms with van der Waals surface area (Å²) in [5.41, 5.74) is -2.67. The van der Waals surface area contributed by atoms with Crippen LogP contribution in [0.5, 0.6) is 0 Å². The Hall–Kier alpha value is -6.53. The van der Waals surface area contributed by atoms with E-state index in [0.29, 0.717) is 101 Å². The van der Waals surface area contributed by atoms with Gasteiger partial charge in [-0.15, -0.1) is 0 Å². The molecule has 24 nitrogen and oxygen atoms in total. The van der Waals surface area contributed by atoms with Crippen molar-refractivity contribution in [1.82, 2.24) is 18.9 Å². The zero-order chi connectivity index (χ0) is 89.3. The molecule has 121 heavy (non-hydrogen) atoms. The Labute approximate surface area is 743 Å². The van der Waals surface area contributed by atoms with E-state index in [4.69, 9.17) is 69.6 Å². The summed E-state index contributed by atoms with van der Waals surface area (Å²) in [4.78, 5) is 49.4. The van der Waals surface area contributed by atoms with Crippen LogP contribution in [-0.4, -0.2) is 124 Å². The lowest BCUT2D eigenvalue weighted by Gasteiger charge is -2.37. The van der Waals surface area contributed by atoms with Gasteiger partial charge in [0.1, 0.15) is 32.1 Å². The standard InChI is InChI=1S/2C20H21BrClFN2O4S.C20H20Cl2F2N2O4S.C20H21Cl2FN2O4S/c1-20(27)8-6-13(7-9-20)25-30(28,29)18-10-12(2-4-16(18)22)19(26)24-14-3-5-17(23)15(21)11-14;1-20(27)9-3-2-4-18(20)25-30(28,29)13-6-7-16(22)14(11-13)19(26)24-12-5-8-17(23)15(21)10-12;1-20(28)6-4-12(5-7-20)26-31(29,30)17-8-11(2-3-14(17)21)19(27)25-13-9-15(22)18(24)16(23)10-13;1-20(27)8-6-13(7-9-20)25-30(28,29)18-10-12(2-4-15(18)21)19(26)24-14-3-5-17(23)16(22)11-14/h2-5,10-11,13,25,27H,6-9H2,1H3,(H,24,26);5-8,10-11,18,25,27H,2-4,9H2,1H3,(H,24,26);2-3,8-10,12,26,28H,4-7H2,1H3,(H,25,27);2-5,10-11,13,25,27H,6-9H2,1H3,(H,24,26). The van der Waals surface area contributed by atoms with Crippen molar-refractivity contribution in [2.24, 2.45) is 0 Å². The molecule has 0 radical (unpaired) electrons. The number of benzene rings is 8. The minimum Gasteiger partial charge on any atom is -0.390 e. The number of hydrogen-bond donors (Lipinski definition) is 12. The molecule has 0 aromatic heterocycles. The van der Waals surface area contributed by atoms with Gasteiger partial charge in [-0.2, -0.15) is 0 Å². The van der Waals surface area contributed by atoms with Gasteiger partial charge in [-0.1, -0.05) is 82.4 Å². The predicted molar refractivity (Wildman–Crippen MR) is 461 cm³/mol. The van der Waals surface area contributed by atoms with Crippen molar-refractivity contribution in [2.75, 3.05) is 21.3 Å². The molecule has 4 fully saturated rings. The topological polar surface area (TPSA) is 382 Å². The molecule has 8 aromatic carbocycles. The van der Waals surface area contributed by atoms with Gasteiger partial charge in [0.25, 0.3) is 23.6 Å². The summed E-state index contributed by atoms with van der Waals surface area (Å²) in [6.07, 6.45) is 8.43. The molecule has 8 aromatic rings. The molecular weight excluding hydrogens is 1920 g/mol. The summed E-state index contributed by atoms with van der Waals surface area (Å²) in [7, 11) is -16.0. The molecule has 0 bridgehead atoms. The van der Waals surface area contributed by atoms with Crippen LogP contribution < -0.4 is 40.2 Å². The number of anilines is 4. The lowest BCUT2D eigenvalue weighted by molar-refractivity contribution is -0.00222. The van der Waals surface area contributed by atoms with Gasteiger partial charge in [0.2, 0.25) is 40.1 Å². The summed E-state index contributed by atoms with van der Waals surface area (Å²) >= 11 is 41.8. The average molecular weight is 2010 g/mol. The van der Waals surface area contributed by atoms with Crippen molar-refractivity contribution in [3.05, 3.63) is 230 Å². The third-order valence-corrected chi connectivity index (χ3v) is 29.9. The quantitative estimate of drug-likeness (QED) is 0.0249. The number of carbonyl (C=O) groups is 4. The van der Waals surface area contributed by atoms with Gasteiger partial charge in [-0.05, 0) is 283 Å². The molecule has 12 N–H and O–H groups in total. The number of hydrogen-bond acceptors (Lipinski definition) is 16. The molecule has 4 aliphatic carbocycles. The van der Waals surface area contributed by atoms with Crippen LogP contribution in [0.15, 0.2) is 168 Å². The fourth-order valence-corrected chi connectivity index (χ4v) is 21.5. The van der Waals surface area contributed by atoms with Crippen molar-refractivity contribution in [1.29, 1.82) is 0 Å². The highest BCUT2D eigenvalue weighted by atomic mass is 79.9. The van der Waals surface area contributed by atoms with E-state index in [1.54, 1.807) is 27.7 Å². The molecule has 12 rings (SSSR count). The molecular formula is C80H83Br2Cl6F5N8O16S4. The second kappa shape index (κ2) is 40.8. The van der Waals surface area contributed by atoms with E-state index >= 15 is 0 Å². The third-order valence-electron chi connectivity index (χ3n) is 20.3. The van der Waals surface area contributed by atoms with E-state index in [-0.39, 0.29) is 105 Å². The molecule has 41 heteroatoms. The van der Waals surface area contributed by atoms with Crippen molar-refractivity contribution in [2.45, 2.75) is 197 Å². The first-order valence-corrected chi connectivity index (χ1v) is 47.0. The number of carbonyl (C=O) groups excluding carboxylic acids is 4.